The molecule has 0 amide bonds. The Hall–Kier alpha value is 0.851. The van der Waals surface area contributed by atoms with Crippen LogP contribution in [0.25, 0.3) is 0 Å². The topological polar surface area (TPSA) is 40.1 Å². The van der Waals surface area contributed by atoms with Crippen LogP contribution in [0.5, 0.6) is 0 Å². The predicted molar refractivity (Wildman–Crippen MR) is 0.686 cm³/mol. The van der Waals surface area contributed by atoms with Gasteiger partial charge in [-0.05, 0) is 0 Å². The van der Waals surface area contributed by atoms with E-state index in [1.165, 1.54) is 0 Å². The fourth-order valence-corrected chi connectivity index (χ4v) is 0. The quantitative estimate of drug-likeness (QED) is 0.287. The average Bonchev–Trinajstić information content (AvgIpc) is 0.918. The maximum atomic E-state index is 8.31. The van der Waals surface area contributed by atoms with Crippen molar-refractivity contribution in [3.63, 3.8) is 0 Å². The van der Waals surface area contributed by atoms with E-state index < -0.39 is 14.7 Å². The van der Waals surface area contributed by atoms with Crippen molar-refractivity contribution in [1.29, 1.82) is 0 Å². The number of hydrogen-bond donors (Lipinski definition) is 0. The third-order valence-corrected chi connectivity index (χ3v) is 0. The monoisotopic (exact) mass is 96.9 g/mol. The Morgan fingerprint density at radius 2 is 1.75 bits per heavy atom. The Balaban J connectivity index is 0. The molecule has 0 atom stereocenters. The van der Waals surface area contributed by atoms with E-state index in [2.05, 4.69) is 0 Å². The molecule has 0 aliphatic carbocycles. The van der Waals surface area contributed by atoms with Crippen LogP contribution in [0.15, 0.2) is 0 Å². The third kappa shape index (κ3) is 13.5. The zero-order valence-electron chi connectivity index (χ0n) is 2.13. The average molecular weight is 97.6 g/mol. The molecule has 0 N–H and O–H groups in total. The van der Waals surface area contributed by atoms with E-state index in [4.69, 9.17) is 8.15 Å². The first-order chi connectivity index (χ1) is 1.41. The molecule has 4 heteroatoms. The molecule has 0 bridgehead atoms. The van der Waals surface area contributed by atoms with Crippen molar-refractivity contribution in [2.75, 3.05) is 0 Å². The van der Waals surface area contributed by atoms with Gasteiger partial charge in [-0.15, -0.1) is 0 Å². The van der Waals surface area contributed by atoms with Gasteiger partial charge in [-0.25, -0.2) is 0 Å². The molecule has 0 aromatic heterocycles. The molecule has 0 aliphatic rings. The Labute approximate surface area is 42.1 Å². The first-order valence-electron chi connectivity index (χ1n) is 0.258. The van der Waals surface area contributed by atoms with Crippen molar-refractivity contribution >= 4 is 0 Å². The van der Waals surface area contributed by atoms with Crippen LogP contribution in [0, 0.1) is 0 Å². The Bertz CT molecular complexity index is 13.5. The molecule has 4 heavy (non-hydrogen) atoms. The second-order valence-corrected chi connectivity index (χ2v) is 0.217. The fourth-order valence-electron chi connectivity index (χ4n) is 0. The third-order valence-electron chi connectivity index (χ3n) is 0. The van der Waals surface area contributed by atoms with Gasteiger partial charge in [-0.2, -0.15) is 0 Å². The van der Waals surface area contributed by atoms with Gasteiger partial charge in [0, 0.05) is 0 Å². The van der Waals surface area contributed by atoms with Crippen LogP contribution in [-0.4, -0.2) is 0 Å². The van der Waals surface area contributed by atoms with Crippen molar-refractivity contribution in [3.8, 4) is 0 Å². The van der Waals surface area contributed by atoms with Gasteiger partial charge in [-0.1, -0.05) is 0 Å². The van der Waals surface area contributed by atoms with Gasteiger partial charge in [0.15, 0.2) is 0 Å². The van der Waals surface area contributed by atoms with Crippen LogP contribution < -0.4 is 23.1 Å². The summed E-state index contributed by atoms with van der Waals surface area (Å²) in [4.78, 5) is 0. The molecule has 0 aromatic carbocycles. The van der Waals surface area contributed by atoms with Crippen molar-refractivity contribution in [1.82, 2.24) is 0 Å². The van der Waals surface area contributed by atoms with Gasteiger partial charge in [0.1, 0.15) is 0 Å². The molecule has 0 aliphatic heterocycles. The normalized spacial score (nSPS) is 5.25. The van der Waals surface area contributed by atoms with Crippen LogP contribution in [0.4, 0.5) is 0 Å². The second kappa shape index (κ2) is 9.14. The minimum atomic E-state index is -0.875. The summed E-state index contributed by atoms with van der Waals surface area (Å²) in [5.41, 5.74) is 0. The van der Waals surface area contributed by atoms with E-state index in [1.54, 1.807) is 0 Å². The molecule has 0 spiro atoms. The van der Waals surface area contributed by atoms with Gasteiger partial charge < -0.3 is 0 Å². The van der Waals surface area contributed by atoms with Gasteiger partial charge in [-0.3, -0.25) is 0 Å². The molecule has 0 saturated carbocycles. The van der Waals surface area contributed by atoms with E-state index in [-0.39, 0.29) is 18.9 Å². The van der Waals surface area contributed by atoms with Crippen molar-refractivity contribution in [2.45, 2.75) is 0 Å². The summed E-state index contributed by atoms with van der Waals surface area (Å²) >= 11 is -0.875. The molecule has 0 heterocycles. The second-order valence-electron chi connectivity index (χ2n) is 0.0527. The van der Waals surface area contributed by atoms with Gasteiger partial charge in [0.2, 0.25) is 0 Å². The summed E-state index contributed by atoms with van der Waals surface area (Å²) in [7, 11) is 0. The van der Waals surface area contributed by atoms with Gasteiger partial charge in [0.05, 0.1) is 0 Å². The molecule has 0 radical (unpaired) electrons. The Morgan fingerprint density at radius 1 is 1.75 bits per heavy atom. The van der Waals surface area contributed by atoms with Gasteiger partial charge >= 0.3 is 41.7 Å². The number of rotatable bonds is 0. The summed E-state index contributed by atoms with van der Waals surface area (Å²) < 4.78 is 16.6. The summed E-state index contributed by atoms with van der Waals surface area (Å²) in [6.07, 6.45) is 0. The van der Waals surface area contributed by atoms with Crippen LogP contribution in [0.3, 0.4) is 0 Å². The van der Waals surface area contributed by atoms with E-state index in [1.807, 2.05) is 0 Å². The van der Waals surface area contributed by atoms with E-state index in [9.17, 15) is 0 Å². The summed E-state index contributed by atoms with van der Waals surface area (Å²) in [5, 5.41) is 0. The van der Waals surface area contributed by atoms with E-state index >= 15 is 0 Å². The van der Waals surface area contributed by atoms with Crippen molar-refractivity contribution < 1.29 is 41.7 Å². The Morgan fingerprint density at radius 3 is 1.75 bits per heavy atom. The van der Waals surface area contributed by atoms with Crippen molar-refractivity contribution in [2.24, 2.45) is 0 Å². The summed E-state index contributed by atoms with van der Waals surface area (Å²) in [6, 6.07) is 0. The van der Waals surface area contributed by atoms with Crippen LogP contribution in [-0.2, 0) is 18.6 Å². The van der Waals surface area contributed by atoms with Crippen LogP contribution >= 0.6 is 0 Å². The zero-order valence-corrected chi connectivity index (χ0v) is 3.12. The van der Waals surface area contributed by atoms with Gasteiger partial charge in [0.25, 0.3) is 0 Å². The summed E-state index contributed by atoms with van der Waals surface area (Å²) in [6.45, 7) is 0. The standard InChI is InChI=1S/Li.Ni.2O/q+1;;;-1. The van der Waals surface area contributed by atoms with Crippen molar-refractivity contribution in [3.05, 3.63) is 0 Å². The molecular weight excluding hydrogens is 97.6 g/mol. The first-order valence-corrected chi connectivity index (χ1v) is 1.06. The molecule has 0 unspecified atom stereocenters. The molecule has 0 saturated heterocycles. The number of hydrogen-bond acceptors (Lipinski definition) is 2. The SMILES string of the molecule is [Li+].[O]=[Ni][O-]. The predicted octanol–water partition coefficient (Wildman–Crippen LogP) is -4.31. The van der Waals surface area contributed by atoms with Crippen LogP contribution in [0.1, 0.15) is 0 Å². The maximum absolute atomic E-state index is 8.31. The molecule has 2 nitrogen and oxygen atoms in total. The Kier molecular flexibility index (Phi) is 20.2. The molecule has 0 rings (SSSR count). The zero-order chi connectivity index (χ0) is 2.71. The molecule has 0 aromatic rings. The van der Waals surface area contributed by atoms with Crippen LogP contribution in [0.2, 0.25) is 0 Å². The summed E-state index contributed by atoms with van der Waals surface area (Å²) in [5.74, 6) is 0. The van der Waals surface area contributed by atoms with E-state index in [0.717, 1.165) is 0 Å². The molecule has 0 fully saturated rings. The van der Waals surface area contributed by atoms with E-state index in [0.29, 0.717) is 0 Å². The first kappa shape index (κ1) is 8.85. The minimum absolute atomic E-state index is 0. The molecule has 23 valence electrons. The molecular formula is LiNiO2. The fraction of sp³-hybridized carbons (Fsp3) is 0.